The normalized spacial score (nSPS) is 19.1. The lowest BCUT2D eigenvalue weighted by molar-refractivity contribution is -0.118. The van der Waals surface area contributed by atoms with E-state index >= 15 is 0 Å². The van der Waals surface area contributed by atoms with Crippen molar-refractivity contribution < 1.29 is 14.0 Å². The van der Waals surface area contributed by atoms with E-state index in [2.05, 4.69) is 24.5 Å². The van der Waals surface area contributed by atoms with Gasteiger partial charge in [-0.25, -0.2) is 4.79 Å². The van der Waals surface area contributed by atoms with Crippen LogP contribution in [0.15, 0.2) is 82.6 Å². The smallest absolute Gasteiger partial charge is 0.323 e. The molecule has 34 heavy (non-hydrogen) atoms. The minimum atomic E-state index is -0.549. The zero-order chi connectivity index (χ0) is 23.9. The molecule has 1 aromatic heterocycles. The Labute approximate surface area is 199 Å². The van der Waals surface area contributed by atoms with Gasteiger partial charge in [0.05, 0.1) is 30.2 Å². The minimum absolute atomic E-state index is 0.0703. The molecule has 2 aromatic carbocycles. The second kappa shape index (κ2) is 8.52. The van der Waals surface area contributed by atoms with Crippen molar-refractivity contribution in [3.8, 4) is 0 Å². The molecule has 2 aliphatic rings. The summed E-state index contributed by atoms with van der Waals surface area (Å²) in [5.74, 6) is 0.734. The first-order valence-corrected chi connectivity index (χ1v) is 11.6. The Kier molecular flexibility index (Phi) is 5.52. The number of nitrogens with zero attached hydrogens (tertiary/aromatic N) is 1. The van der Waals surface area contributed by atoms with Gasteiger partial charge in [-0.3, -0.25) is 9.69 Å². The summed E-state index contributed by atoms with van der Waals surface area (Å²) in [5, 5.41) is 6.52. The largest absolute Gasteiger partial charge is 0.467 e. The van der Waals surface area contributed by atoms with Gasteiger partial charge < -0.3 is 15.1 Å². The van der Waals surface area contributed by atoms with Gasteiger partial charge in [0.15, 0.2) is 5.78 Å². The van der Waals surface area contributed by atoms with Crippen molar-refractivity contribution in [2.45, 2.75) is 46.2 Å². The lowest BCUT2D eigenvalue weighted by atomic mass is 9.73. The molecule has 3 aromatic rings. The molecular weight excluding hydrogens is 426 g/mol. The Hall–Kier alpha value is -3.80. The molecule has 0 radical (unpaired) electrons. The van der Waals surface area contributed by atoms with Crippen LogP contribution in [0.25, 0.3) is 0 Å². The number of amides is 2. The van der Waals surface area contributed by atoms with Gasteiger partial charge in [0.1, 0.15) is 5.76 Å². The summed E-state index contributed by atoms with van der Waals surface area (Å²) in [6.07, 6.45) is 2.75. The number of hydrogen-bond donors (Lipinski definition) is 2. The van der Waals surface area contributed by atoms with Crippen LogP contribution in [0, 0.1) is 12.3 Å². The Morgan fingerprint density at radius 1 is 1.09 bits per heavy atom. The maximum absolute atomic E-state index is 13.8. The third-order valence-electron chi connectivity index (χ3n) is 6.51. The topological polar surface area (TPSA) is 74.6 Å². The number of furan rings is 1. The van der Waals surface area contributed by atoms with Crippen molar-refractivity contribution in [2.24, 2.45) is 5.41 Å². The van der Waals surface area contributed by atoms with Crippen molar-refractivity contribution in [2.75, 3.05) is 10.2 Å². The molecule has 1 aliphatic carbocycles. The van der Waals surface area contributed by atoms with Crippen molar-refractivity contribution in [1.29, 1.82) is 0 Å². The van der Waals surface area contributed by atoms with Crippen LogP contribution in [0.5, 0.6) is 0 Å². The first-order chi connectivity index (χ1) is 16.3. The van der Waals surface area contributed by atoms with Gasteiger partial charge in [-0.1, -0.05) is 55.8 Å². The Morgan fingerprint density at radius 2 is 1.85 bits per heavy atom. The van der Waals surface area contributed by atoms with Crippen LogP contribution < -0.4 is 15.5 Å². The summed E-state index contributed by atoms with van der Waals surface area (Å²) in [4.78, 5) is 29.1. The van der Waals surface area contributed by atoms with E-state index in [1.54, 1.807) is 17.2 Å². The molecule has 0 unspecified atom stereocenters. The van der Waals surface area contributed by atoms with E-state index in [4.69, 9.17) is 4.42 Å². The van der Waals surface area contributed by atoms with E-state index in [0.717, 1.165) is 34.6 Å². The molecule has 1 aliphatic heterocycles. The number of nitrogens with one attached hydrogen (secondary N) is 2. The van der Waals surface area contributed by atoms with Crippen LogP contribution in [0.4, 0.5) is 16.2 Å². The summed E-state index contributed by atoms with van der Waals surface area (Å²) in [7, 11) is 0. The molecular formula is C28H29N3O3. The molecule has 174 valence electrons. The number of Topliss-reactive ketones (excluding diaryl/α,β-unsaturated/α-hetero) is 1. The van der Waals surface area contributed by atoms with Crippen LogP contribution in [0.3, 0.4) is 0 Å². The number of urea groups is 1. The average Bonchev–Trinajstić information content (AvgIpc) is 3.26. The van der Waals surface area contributed by atoms with E-state index in [1.807, 2.05) is 61.5 Å². The molecule has 0 spiro atoms. The summed E-state index contributed by atoms with van der Waals surface area (Å²) in [5.41, 5.74) is 4.95. The number of carbonyl (C=O) groups is 2. The predicted molar refractivity (Wildman–Crippen MR) is 132 cm³/mol. The van der Waals surface area contributed by atoms with Gasteiger partial charge >= 0.3 is 6.03 Å². The molecule has 2 heterocycles. The van der Waals surface area contributed by atoms with Crippen molar-refractivity contribution in [1.82, 2.24) is 5.32 Å². The zero-order valence-corrected chi connectivity index (χ0v) is 19.7. The summed E-state index contributed by atoms with van der Waals surface area (Å²) >= 11 is 0. The van der Waals surface area contributed by atoms with Crippen molar-refractivity contribution >= 4 is 23.2 Å². The standard InChI is InChI=1S/C28H29N3O3/c1-18-10-12-19(13-11-18)26-25-22(15-28(2,3)16-24(25)32)30-21-8-4-5-9-23(21)31(26)27(33)29-17-20-7-6-14-34-20/h4-14,26,30H,15-17H2,1-3H3,(H,29,33)/t26-/m1/s1. The molecule has 2 N–H and O–H groups in total. The minimum Gasteiger partial charge on any atom is -0.467 e. The van der Waals surface area contributed by atoms with Crippen LogP contribution in [0.1, 0.15) is 49.6 Å². The Morgan fingerprint density at radius 3 is 2.59 bits per heavy atom. The Bertz CT molecular complexity index is 1260. The third kappa shape index (κ3) is 4.12. The van der Waals surface area contributed by atoms with Gasteiger partial charge in [0.25, 0.3) is 0 Å². The fraction of sp³-hybridized carbons (Fsp3) is 0.286. The molecule has 0 saturated carbocycles. The zero-order valence-electron chi connectivity index (χ0n) is 19.7. The maximum Gasteiger partial charge on any atom is 0.323 e. The monoisotopic (exact) mass is 455 g/mol. The number of ketones is 1. The number of anilines is 2. The number of allylic oxidation sites excluding steroid dienone is 1. The van der Waals surface area contributed by atoms with E-state index in [9.17, 15) is 9.59 Å². The number of fused-ring (bicyclic) bond motifs is 1. The number of hydrogen-bond acceptors (Lipinski definition) is 4. The van der Waals surface area contributed by atoms with E-state index in [-0.39, 0.29) is 23.8 Å². The molecule has 6 heteroatoms. The molecule has 0 fully saturated rings. The quantitative estimate of drug-likeness (QED) is 0.499. The van der Waals surface area contributed by atoms with Crippen molar-refractivity contribution in [3.63, 3.8) is 0 Å². The first kappa shape index (κ1) is 22.0. The fourth-order valence-corrected chi connectivity index (χ4v) is 4.94. The Balaban J connectivity index is 1.67. The number of carbonyl (C=O) groups excluding carboxylic acids is 2. The van der Waals surface area contributed by atoms with Crippen LogP contribution in [-0.2, 0) is 11.3 Å². The summed E-state index contributed by atoms with van der Waals surface area (Å²) in [6, 6.07) is 18.6. The fourth-order valence-electron chi connectivity index (χ4n) is 4.94. The summed E-state index contributed by atoms with van der Waals surface area (Å²) in [6.45, 7) is 6.51. The molecule has 0 bridgehead atoms. The number of aryl methyl sites for hydroxylation is 1. The first-order valence-electron chi connectivity index (χ1n) is 11.6. The van der Waals surface area contributed by atoms with Gasteiger partial charge in [0.2, 0.25) is 0 Å². The van der Waals surface area contributed by atoms with Gasteiger partial charge in [0, 0.05) is 17.7 Å². The van der Waals surface area contributed by atoms with Crippen molar-refractivity contribution in [3.05, 3.63) is 95.1 Å². The second-order valence-corrected chi connectivity index (χ2v) is 9.90. The van der Waals surface area contributed by atoms with Crippen LogP contribution >= 0.6 is 0 Å². The molecule has 6 nitrogen and oxygen atoms in total. The predicted octanol–water partition coefficient (Wildman–Crippen LogP) is 6.11. The highest BCUT2D eigenvalue weighted by Crippen LogP contribution is 2.48. The molecule has 0 saturated heterocycles. The highest BCUT2D eigenvalue weighted by molar-refractivity contribution is 6.06. The molecule has 2 amide bonds. The van der Waals surface area contributed by atoms with Gasteiger partial charge in [-0.05, 0) is 48.6 Å². The SMILES string of the molecule is Cc1ccc([C@@H]2C3=C(CC(C)(C)CC3=O)Nc3ccccc3N2C(=O)NCc2ccco2)cc1. The highest BCUT2D eigenvalue weighted by Gasteiger charge is 2.43. The van der Waals surface area contributed by atoms with E-state index in [0.29, 0.717) is 17.8 Å². The van der Waals surface area contributed by atoms with Gasteiger partial charge in [-0.15, -0.1) is 0 Å². The highest BCUT2D eigenvalue weighted by atomic mass is 16.3. The maximum atomic E-state index is 13.8. The lowest BCUT2D eigenvalue weighted by Crippen LogP contribution is -2.44. The van der Waals surface area contributed by atoms with Crippen LogP contribution in [-0.4, -0.2) is 11.8 Å². The van der Waals surface area contributed by atoms with Crippen LogP contribution in [0.2, 0.25) is 0 Å². The third-order valence-corrected chi connectivity index (χ3v) is 6.51. The molecule has 1 atom stereocenters. The lowest BCUT2D eigenvalue weighted by Gasteiger charge is -2.37. The van der Waals surface area contributed by atoms with E-state index in [1.165, 1.54) is 0 Å². The second-order valence-electron chi connectivity index (χ2n) is 9.90. The molecule has 5 rings (SSSR count). The number of rotatable bonds is 3. The van der Waals surface area contributed by atoms with E-state index < -0.39 is 6.04 Å². The average molecular weight is 456 g/mol. The summed E-state index contributed by atoms with van der Waals surface area (Å²) < 4.78 is 5.41. The number of para-hydroxylation sites is 2. The van der Waals surface area contributed by atoms with Gasteiger partial charge in [-0.2, -0.15) is 0 Å². The number of benzene rings is 2.